The smallest absolute Gasteiger partial charge is 0.306 e. The van der Waals surface area contributed by atoms with Gasteiger partial charge in [0.05, 0.1) is 5.92 Å². The first kappa shape index (κ1) is 11.0. The van der Waals surface area contributed by atoms with Crippen LogP contribution in [0, 0.1) is 28.6 Å². The molecule has 0 saturated heterocycles. The van der Waals surface area contributed by atoms with Crippen molar-refractivity contribution in [3.8, 4) is 0 Å². The highest BCUT2D eigenvalue weighted by atomic mass is 16.4. The Morgan fingerprint density at radius 3 is 2.33 bits per heavy atom. The molecule has 2 saturated carbocycles. The van der Waals surface area contributed by atoms with Crippen LogP contribution in [0.15, 0.2) is 0 Å². The topological polar surface area (TPSA) is 37.3 Å². The lowest BCUT2D eigenvalue weighted by Gasteiger charge is -2.40. The summed E-state index contributed by atoms with van der Waals surface area (Å²) in [5, 5.41) is 9.16. The van der Waals surface area contributed by atoms with Crippen molar-refractivity contribution in [3.05, 3.63) is 0 Å². The van der Waals surface area contributed by atoms with Crippen LogP contribution in [-0.4, -0.2) is 11.1 Å². The highest BCUT2D eigenvalue weighted by Gasteiger charge is 2.62. The summed E-state index contributed by atoms with van der Waals surface area (Å²) in [6.07, 6.45) is 3.64. The maximum Gasteiger partial charge on any atom is 0.306 e. The predicted molar refractivity (Wildman–Crippen MR) is 59.5 cm³/mol. The van der Waals surface area contributed by atoms with Gasteiger partial charge in [0.2, 0.25) is 0 Å². The van der Waals surface area contributed by atoms with Crippen LogP contribution in [0.2, 0.25) is 0 Å². The minimum Gasteiger partial charge on any atom is -0.481 e. The normalized spacial score (nSPS) is 44.3. The van der Waals surface area contributed by atoms with Crippen molar-refractivity contribution in [2.24, 2.45) is 28.6 Å². The second-order valence-corrected chi connectivity index (χ2v) is 6.34. The molecular formula is C13H22O2. The molecule has 0 aromatic carbocycles. The lowest BCUT2D eigenvalue weighted by molar-refractivity contribution is -0.145. The first-order valence-electron chi connectivity index (χ1n) is 6.03. The number of aliphatic carboxylic acids is 1. The van der Waals surface area contributed by atoms with Crippen molar-refractivity contribution in [2.45, 2.75) is 47.0 Å². The van der Waals surface area contributed by atoms with Gasteiger partial charge in [0.15, 0.2) is 0 Å². The zero-order chi connectivity index (χ0) is 11.4. The number of hydrogen-bond acceptors (Lipinski definition) is 1. The van der Waals surface area contributed by atoms with Crippen LogP contribution in [0.3, 0.4) is 0 Å². The van der Waals surface area contributed by atoms with Gasteiger partial charge >= 0.3 is 5.97 Å². The van der Waals surface area contributed by atoms with E-state index in [4.69, 9.17) is 5.11 Å². The fourth-order valence-corrected chi connectivity index (χ4v) is 4.19. The van der Waals surface area contributed by atoms with Gasteiger partial charge in [0.25, 0.3) is 0 Å². The number of rotatable bonds is 2. The molecule has 0 amide bonds. The zero-order valence-corrected chi connectivity index (χ0v) is 10.2. The number of carboxylic acids is 1. The van der Waals surface area contributed by atoms with Gasteiger partial charge in [-0.3, -0.25) is 4.79 Å². The van der Waals surface area contributed by atoms with Gasteiger partial charge in [-0.1, -0.05) is 27.7 Å². The van der Waals surface area contributed by atoms with E-state index in [-0.39, 0.29) is 11.3 Å². The quantitative estimate of drug-likeness (QED) is 0.760. The first-order valence-corrected chi connectivity index (χ1v) is 6.03. The maximum absolute atomic E-state index is 11.1. The molecule has 86 valence electrons. The van der Waals surface area contributed by atoms with E-state index in [0.29, 0.717) is 11.3 Å². The van der Waals surface area contributed by atoms with Gasteiger partial charge in [0.1, 0.15) is 0 Å². The predicted octanol–water partition coefficient (Wildman–Crippen LogP) is 3.17. The van der Waals surface area contributed by atoms with Crippen LogP contribution in [-0.2, 0) is 4.79 Å². The van der Waals surface area contributed by atoms with Gasteiger partial charge in [-0.25, -0.2) is 0 Å². The summed E-state index contributed by atoms with van der Waals surface area (Å²) < 4.78 is 0. The molecule has 2 nitrogen and oxygen atoms in total. The summed E-state index contributed by atoms with van der Waals surface area (Å²) in [7, 11) is 0. The third-order valence-electron chi connectivity index (χ3n) is 5.85. The molecule has 15 heavy (non-hydrogen) atoms. The highest BCUT2D eigenvalue weighted by molar-refractivity contribution is 5.70. The average molecular weight is 210 g/mol. The molecule has 2 rings (SSSR count). The van der Waals surface area contributed by atoms with Crippen molar-refractivity contribution in [2.75, 3.05) is 0 Å². The molecule has 0 aliphatic heterocycles. The Hall–Kier alpha value is -0.530. The van der Waals surface area contributed by atoms with Crippen molar-refractivity contribution in [1.29, 1.82) is 0 Å². The van der Waals surface area contributed by atoms with Crippen LogP contribution < -0.4 is 0 Å². The summed E-state index contributed by atoms with van der Waals surface area (Å²) in [6.45, 7) is 8.86. The van der Waals surface area contributed by atoms with E-state index in [1.165, 1.54) is 12.8 Å². The van der Waals surface area contributed by atoms with E-state index < -0.39 is 5.97 Å². The molecule has 0 heterocycles. The summed E-state index contributed by atoms with van der Waals surface area (Å²) in [6, 6.07) is 0. The molecule has 0 aromatic rings. The highest BCUT2D eigenvalue weighted by Crippen LogP contribution is 2.69. The number of carbonyl (C=O) groups is 1. The zero-order valence-electron chi connectivity index (χ0n) is 10.2. The molecule has 2 unspecified atom stereocenters. The van der Waals surface area contributed by atoms with Crippen LogP contribution in [0.4, 0.5) is 0 Å². The molecule has 2 heteroatoms. The number of carboxylic acid groups (broad SMARTS) is 1. The lowest BCUT2D eigenvalue weighted by Crippen LogP contribution is -2.37. The van der Waals surface area contributed by atoms with Gasteiger partial charge in [-0.15, -0.1) is 0 Å². The van der Waals surface area contributed by atoms with E-state index in [2.05, 4.69) is 20.8 Å². The van der Waals surface area contributed by atoms with E-state index >= 15 is 0 Å². The Bertz CT molecular complexity index is 295. The number of fused-ring (bicyclic) bond motifs is 2. The molecule has 2 aliphatic carbocycles. The summed E-state index contributed by atoms with van der Waals surface area (Å²) in [5.41, 5.74) is 0.580. The van der Waals surface area contributed by atoms with Crippen LogP contribution in [0.1, 0.15) is 47.0 Å². The SMILES string of the molecule is CC(C(=O)O)C1C[C@@H]2CC[C@]1(C)C2(C)C. The van der Waals surface area contributed by atoms with Crippen LogP contribution in [0.25, 0.3) is 0 Å². The molecule has 4 atom stereocenters. The average Bonchev–Trinajstić information content (AvgIpc) is 2.47. The monoisotopic (exact) mass is 210 g/mol. The van der Waals surface area contributed by atoms with E-state index in [0.717, 1.165) is 12.3 Å². The molecule has 1 N–H and O–H groups in total. The Morgan fingerprint density at radius 2 is 2.00 bits per heavy atom. The van der Waals surface area contributed by atoms with E-state index in [1.54, 1.807) is 0 Å². The van der Waals surface area contributed by atoms with E-state index in [9.17, 15) is 4.79 Å². The standard InChI is InChI=1S/C13H22O2/c1-8(11(14)15)10-7-9-5-6-13(10,4)12(9,2)3/h8-10H,5-7H2,1-4H3,(H,14,15)/t8?,9-,10?,13-/m0/s1. The Kier molecular flexibility index (Phi) is 2.19. The van der Waals surface area contributed by atoms with Gasteiger partial charge in [-0.2, -0.15) is 0 Å². The van der Waals surface area contributed by atoms with Gasteiger partial charge in [-0.05, 0) is 41.9 Å². The molecule has 0 aromatic heterocycles. The van der Waals surface area contributed by atoms with E-state index in [1.807, 2.05) is 6.92 Å². The Morgan fingerprint density at radius 1 is 1.40 bits per heavy atom. The maximum atomic E-state index is 11.1. The van der Waals surface area contributed by atoms with Crippen molar-refractivity contribution in [3.63, 3.8) is 0 Å². The molecular weight excluding hydrogens is 188 g/mol. The molecule has 0 radical (unpaired) electrons. The lowest BCUT2D eigenvalue weighted by atomic mass is 9.63. The second kappa shape index (κ2) is 2.99. The largest absolute Gasteiger partial charge is 0.481 e. The Labute approximate surface area is 92.1 Å². The fourth-order valence-electron chi connectivity index (χ4n) is 4.19. The third-order valence-corrected chi connectivity index (χ3v) is 5.85. The molecule has 0 spiro atoms. The second-order valence-electron chi connectivity index (χ2n) is 6.34. The molecule has 2 aliphatic rings. The van der Waals surface area contributed by atoms with Crippen LogP contribution >= 0.6 is 0 Å². The first-order chi connectivity index (χ1) is 6.80. The summed E-state index contributed by atoms with van der Waals surface area (Å²) >= 11 is 0. The van der Waals surface area contributed by atoms with Crippen molar-refractivity contribution >= 4 is 5.97 Å². The minimum atomic E-state index is -0.621. The fraction of sp³-hybridized carbons (Fsp3) is 0.923. The molecule has 2 bridgehead atoms. The van der Waals surface area contributed by atoms with Crippen molar-refractivity contribution in [1.82, 2.24) is 0 Å². The Balaban J connectivity index is 2.30. The molecule has 2 fully saturated rings. The third kappa shape index (κ3) is 1.20. The summed E-state index contributed by atoms with van der Waals surface area (Å²) in [4.78, 5) is 11.1. The van der Waals surface area contributed by atoms with Gasteiger partial charge < -0.3 is 5.11 Å². The summed E-state index contributed by atoms with van der Waals surface area (Å²) in [5.74, 6) is 0.321. The van der Waals surface area contributed by atoms with Gasteiger partial charge in [0, 0.05) is 0 Å². The van der Waals surface area contributed by atoms with Crippen molar-refractivity contribution < 1.29 is 9.90 Å². The van der Waals surface area contributed by atoms with Crippen LogP contribution in [0.5, 0.6) is 0 Å². The minimum absolute atomic E-state index is 0.181. The number of hydrogen-bond donors (Lipinski definition) is 1.